The van der Waals surface area contributed by atoms with Crippen molar-refractivity contribution in [1.82, 2.24) is 5.32 Å². The van der Waals surface area contributed by atoms with E-state index in [-0.39, 0.29) is 6.54 Å². The highest BCUT2D eigenvalue weighted by molar-refractivity contribution is 7.98. The molecule has 0 saturated heterocycles. The second-order valence-corrected chi connectivity index (χ2v) is 11.5. The third-order valence-electron chi connectivity index (χ3n) is 4.94. The van der Waals surface area contributed by atoms with E-state index in [9.17, 15) is 13.2 Å². The number of carbonyl (C=O) groups is 1. The van der Waals surface area contributed by atoms with E-state index in [0.717, 1.165) is 21.7 Å². The number of carbonyl (C=O) groups excluding carboxylic acids is 1. The van der Waals surface area contributed by atoms with Crippen LogP contribution in [0.15, 0.2) is 72.8 Å². The maximum Gasteiger partial charge on any atom is 0.240 e. The lowest BCUT2D eigenvalue weighted by Gasteiger charge is -2.22. The van der Waals surface area contributed by atoms with Gasteiger partial charge in [0.2, 0.25) is 15.9 Å². The highest BCUT2D eigenvalue weighted by atomic mass is 35.5. The van der Waals surface area contributed by atoms with Crippen LogP contribution in [0.4, 0.5) is 5.69 Å². The van der Waals surface area contributed by atoms with E-state index in [4.69, 9.17) is 27.9 Å². The van der Waals surface area contributed by atoms with Crippen molar-refractivity contribution in [2.75, 3.05) is 29.4 Å². The van der Waals surface area contributed by atoms with Crippen LogP contribution >= 0.6 is 35.0 Å². The number of nitrogens with one attached hydrogen (secondary N) is 1. The molecule has 186 valence electrons. The first-order valence-corrected chi connectivity index (χ1v) is 14.5. The van der Waals surface area contributed by atoms with Gasteiger partial charge in [-0.2, -0.15) is 11.8 Å². The minimum absolute atomic E-state index is 0.315. The van der Waals surface area contributed by atoms with Gasteiger partial charge in [-0.3, -0.25) is 9.10 Å². The first-order valence-electron chi connectivity index (χ1n) is 10.8. The first kappa shape index (κ1) is 27.2. The van der Waals surface area contributed by atoms with Gasteiger partial charge in [0.05, 0.1) is 11.9 Å². The number of amides is 1. The maximum atomic E-state index is 12.4. The van der Waals surface area contributed by atoms with Crippen LogP contribution in [-0.2, 0) is 27.2 Å². The number of sulfonamides is 1. The first-order chi connectivity index (χ1) is 16.7. The lowest BCUT2D eigenvalue weighted by Crippen LogP contribution is -2.41. The van der Waals surface area contributed by atoms with Crippen LogP contribution < -0.4 is 14.4 Å². The fraction of sp³-hybridized carbons (Fsp3) is 0.240. The zero-order chi connectivity index (χ0) is 25.3. The highest BCUT2D eigenvalue weighted by Crippen LogP contribution is 2.28. The summed E-state index contributed by atoms with van der Waals surface area (Å²) in [5, 5.41) is 3.98. The molecule has 0 atom stereocenters. The lowest BCUT2D eigenvalue weighted by molar-refractivity contribution is -0.119. The van der Waals surface area contributed by atoms with Crippen molar-refractivity contribution in [1.29, 1.82) is 0 Å². The molecule has 3 rings (SSSR count). The van der Waals surface area contributed by atoms with Crippen molar-refractivity contribution in [3.8, 4) is 5.75 Å². The quantitative estimate of drug-likeness (QED) is 0.305. The van der Waals surface area contributed by atoms with Gasteiger partial charge in [0.1, 0.15) is 18.9 Å². The molecule has 6 nitrogen and oxygen atoms in total. The van der Waals surface area contributed by atoms with Crippen molar-refractivity contribution in [3.63, 3.8) is 0 Å². The number of anilines is 1. The molecule has 3 aromatic rings. The summed E-state index contributed by atoms with van der Waals surface area (Å²) >= 11 is 13.9. The van der Waals surface area contributed by atoms with Gasteiger partial charge in [0.25, 0.3) is 0 Å². The van der Waals surface area contributed by atoms with Gasteiger partial charge in [0, 0.05) is 28.1 Å². The molecule has 0 radical (unpaired) electrons. The van der Waals surface area contributed by atoms with Crippen LogP contribution in [0.2, 0.25) is 10.0 Å². The SMILES string of the molecule is CS(=O)(=O)N(CC(=O)NCCSCc1c(Cl)cccc1Cl)c1ccc(OCc2ccccc2)cc1. The maximum absolute atomic E-state index is 12.4. The summed E-state index contributed by atoms with van der Waals surface area (Å²) in [6, 6.07) is 21.7. The standard InChI is InChI=1S/C25H26Cl2N2O4S2/c1-35(31,32)29(20-10-12-21(13-11-20)33-17-19-6-3-2-4-7-19)16-25(30)28-14-15-34-18-22-23(26)8-5-9-24(22)27/h2-13H,14-18H2,1H3,(H,28,30). The molecule has 3 aromatic carbocycles. The van der Waals surface area contributed by atoms with Gasteiger partial charge in [-0.25, -0.2) is 8.42 Å². The Morgan fingerprint density at radius 2 is 1.63 bits per heavy atom. The van der Waals surface area contributed by atoms with E-state index in [1.807, 2.05) is 30.3 Å². The van der Waals surface area contributed by atoms with E-state index >= 15 is 0 Å². The largest absolute Gasteiger partial charge is 0.489 e. The third-order valence-corrected chi connectivity index (χ3v) is 7.77. The van der Waals surface area contributed by atoms with E-state index in [1.54, 1.807) is 54.2 Å². The number of thioether (sulfide) groups is 1. The molecule has 35 heavy (non-hydrogen) atoms. The molecule has 1 amide bonds. The average Bonchev–Trinajstić information content (AvgIpc) is 2.83. The van der Waals surface area contributed by atoms with Crippen LogP contribution in [0.1, 0.15) is 11.1 Å². The van der Waals surface area contributed by atoms with Crippen LogP contribution in [0.25, 0.3) is 0 Å². The topological polar surface area (TPSA) is 75.7 Å². The third kappa shape index (κ3) is 8.65. The Morgan fingerprint density at radius 3 is 2.26 bits per heavy atom. The van der Waals surface area contributed by atoms with Gasteiger partial charge in [-0.1, -0.05) is 59.6 Å². The number of ether oxygens (including phenoxy) is 1. The molecule has 0 aliphatic rings. The molecule has 0 heterocycles. The fourth-order valence-corrected chi connectivity index (χ4v) is 5.59. The van der Waals surface area contributed by atoms with E-state index in [0.29, 0.717) is 46.1 Å². The van der Waals surface area contributed by atoms with Crippen molar-refractivity contribution in [3.05, 3.63) is 94.0 Å². The Bertz CT molecular complexity index is 1200. The summed E-state index contributed by atoms with van der Waals surface area (Å²) in [6.07, 6.45) is 1.07. The zero-order valence-corrected chi connectivity index (χ0v) is 22.3. The molecule has 10 heteroatoms. The summed E-state index contributed by atoms with van der Waals surface area (Å²) in [4.78, 5) is 12.4. The molecule has 0 aliphatic heterocycles. The molecule has 1 N–H and O–H groups in total. The predicted octanol–water partition coefficient (Wildman–Crippen LogP) is 5.39. The number of halogens is 2. The van der Waals surface area contributed by atoms with Gasteiger partial charge >= 0.3 is 0 Å². The van der Waals surface area contributed by atoms with Gasteiger partial charge in [-0.15, -0.1) is 0 Å². The highest BCUT2D eigenvalue weighted by Gasteiger charge is 2.20. The lowest BCUT2D eigenvalue weighted by atomic mass is 10.2. The van der Waals surface area contributed by atoms with Gasteiger partial charge < -0.3 is 10.1 Å². The van der Waals surface area contributed by atoms with Crippen molar-refractivity contribution in [2.24, 2.45) is 0 Å². The Labute approximate surface area is 220 Å². The predicted molar refractivity (Wildman–Crippen MR) is 145 cm³/mol. The average molecular weight is 554 g/mol. The molecule has 0 aliphatic carbocycles. The Kier molecular flexibility index (Phi) is 10.2. The van der Waals surface area contributed by atoms with E-state index in [1.165, 1.54) is 0 Å². The van der Waals surface area contributed by atoms with Gasteiger partial charge in [-0.05, 0) is 47.5 Å². The van der Waals surface area contributed by atoms with Crippen LogP contribution in [0.5, 0.6) is 5.75 Å². The second kappa shape index (κ2) is 13.1. The van der Waals surface area contributed by atoms with Crippen LogP contribution in [0, 0.1) is 0 Å². The molecule has 0 spiro atoms. The summed E-state index contributed by atoms with van der Waals surface area (Å²) in [5.41, 5.74) is 2.27. The molecular formula is C25H26Cl2N2O4S2. The Hall–Kier alpha value is -2.39. The number of rotatable bonds is 12. The molecule has 0 unspecified atom stereocenters. The number of hydrogen-bond acceptors (Lipinski definition) is 5. The Balaban J connectivity index is 1.49. The molecule has 0 saturated carbocycles. The monoisotopic (exact) mass is 552 g/mol. The van der Waals surface area contributed by atoms with Crippen molar-refractivity contribution < 1.29 is 17.9 Å². The number of benzene rings is 3. The summed E-state index contributed by atoms with van der Waals surface area (Å²) in [6.45, 7) is 0.471. The molecule has 0 fully saturated rings. The van der Waals surface area contributed by atoms with Crippen molar-refractivity contribution >= 4 is 56.6 Å². The van der Waals surface area contributed by atoms with Crippen LogP contribution in [-0.4, -0.2) is 39.4 Å². The van der Waals surface area contributed by atoms with Crippen LogP contribution in [0.3, 0.4) is 0 Å². The number of hydrogen-bond donors (Lipinski definition) is 1. The van der Waals surface area contributed by atoms with E-state index in [2.05, 4.69) is 5.32 Å². The molecule has 0 bridgehead atoms. The minimum atomic E-state index is -3.66. The normalized spacial score (nSPS) is 11.2. The Morgan fingerprint density at radius 1 is 0.971 bits per heavy atom. The second-order valence-electron chi connectivity index (χ2n) is 7.64. The summed E-state index contributed by atoms with van der Waals surface area (Å²) < 4.78 is 31.5. The summed E-state index contributed by atoms with van der Waals surface area (Å²) in [5.74, 6) is 1.45. The van der Waals surface area contributed by atoms with E-state index < -0.39 is 15.9 Å². The molecular weight excluding hydrogens is 527 g/mol. The van der Waals surface area contributed by atoms with Crippen molar-refractivity contribution in [2.45, 2.75) is 12.4 Å². The minimum Gasteiger partial charge on any atom is -0.489 e. The smallest absolute Gasteiger partial charge is 0.240 e. The zero-order valence-electron chi connectivity index (χ0n) is 19.1. The molecule has 0 aromatic heterocycles. The fourth-order valence-electron chi connectivity index (χ4n) is 3.14. The van der Waals surface area contributed by atoms with Gasteiger partial charge in [0.15, 0.2) is 0 Å². The number of nitrogens with zero attached hydrogens (tertiary/aromatic N) is 1. The summed E-state index contributed by atoms with van der Waals surface area (Å²) in [7, 11) is -3.66.